The van der Waals surface area contributed by atoms with E-state index < -0.39 is 18.2 Å². The predicted molar refractivity (Wildman–Crippen MR) is 123 cm³/mol. The number of nitrogens with zero attached hydrogens (tertiary/aromatic N) is 4. The molecule has 1 aliphatic carbocycles. The zero-order chi connectivity index (χ0) is 25.2. The summed E-state index contributed by atoms with van der Waals surface area (Å²) in [4.78, 5) is 14.6. The Hall–Kier alpha value is -3.10. The van der Waals surface area contributed by atoms with E-state index in [9.17, 15) is 28.3 Å². The maximum Gasteiger partial charge on any atom is 0.418 e. The van der Waals surface area contributed by atoms with Crippen LogP contribution in [0.25, 0.3) is 0 Å². The molecule has 0 spiro atoms. The van der Waals surface area contributed by atoms with E-state index >= 15 is 0 Å². The molecule has 2 aromatic rings. The first-order valence-electron chi connectivity index (χ1n) is 11.8. The van der Waals surface area contributed by atoms with Crippen molar-refractivity contribution in [3.8, 4) is 6.07 Å². The molecule has 0 bridgehead atoms. The van der Waals surface area contributed by atoms with Gasteiger partial charge in [0.05, 0.1) is 18.0 Å². The van der Waals surface area contributed by atoms with E-state index in [-0.39, 0.29) is 28.9 Å². The van der Waals surface area contributed by atoms with Crippen molar-refractivity contribution < 1.29 is 23.1 Å². The van der Waals surface area contributed by atoms with Crippen molar-refractivity contribution in [1.82, 2.24) is 14.7 Å². The van der Waals surface area contributed by atoms with Crippen molar-refractivity contribution in [2.45, 2.75) is 62.9 Å². The molecular weight excluding hydrogens is 461 g/mol. The Balaban J connectivity index is 1.51. The fourth-order valence-electron chi connectivity index (χ4n) is 5.11. The third-order valence-corrected chi connectivity index (χ3v) is 7.00. The molecule has 2 fully saturated rings. The summed E-state index contributed by atoms with van der Waals surface area (Å²) in [7, 11) is 0. The highest BCUT2D eigenvalue weighted by Gasteiger charge is 2.39. The standard InChI is InChI=1S/C24H29F3N6O2/c25-24(26,27)21(34)15-4-6-17(7-5-15)30-23-19(22(29)35)14-33(31-23)20-9-8-18(12-16(20)13-28)32-10-2-1-3-11-32/h4-7,14,16,18,20-21,34H,1-3,8-12H2,(H2,29,35)(H,30,31)/t16-,18-,20+,21-/m1/s1. The summed E-state index contributed by atoms with van der Waals surface area (Å²) in [5, 5.41) is 26.7. The number of carbonyl (C=O) groups excluding carboxylic acids is 1. The third-order valence-electron chi connectivity index (χ3n) is 7.00. The molecule has 2 aliphatic rings. The number of anilines is 2. The number of carbonyl (C=O) groups is 1. The zero-order valence-electron chi connectivity index (χ0n) is 19.2. The largest absolute Gasteiger partial charge is 0.418 e. The van der Waals surface area contributed by atoms with Crippen LogP contribution in [-0.2, 0) is 0 Å². The first-order chi connectivity index (χ1) is 16.7. The lowest BCUT2D eigenvalue weighted by molar-refractivity contribution is -0.206. The number of nitrogens with one attached hydrogen (secondary N) is 1. The number of halogens is 3. The van der Waals surface area contributed by atoms with Crippen molar-refractivity contribution in [3.63, 3.8) is 0 Å². The second-order valence-corrected chi connectivity index (χ2v) is 9.29. The number of benzene rings is 1. The monoisotopic (exact) mass is 490 g/mol. The molecule has 2 heterocycles. The van der Waals surface area contributed by atoms with Crippen LogP contribution < -0.4 is 11.1 Å². The first-order valence-corrected chi connectivity index (χ1v) is 11.8. The highest BCUT2D eigenvalue weighted by molar-refractivity contribution is 5.98. The maximum absolute atomic E-state index is 12.7. The molecular formula is C24H29F3N6O2. The normalized spacial score (nSPS) is 24.5. The van der Waals surface area contributed by atoms with Gasteiger partial charge in [-0.3, -0.25) is 9.48 Å². The van der Waals surface area contributed by atoms with Crippen LogP contribution in [0, 0.1) is 17.2 Å². The minimum Gasteiger partial charge on any atom is -0.379 e. The van der Waals surface area contributed by atoms with E-state index in [1.165, 1.54) is 37.6 Å². The maximum atomic E-state index is 12.7. The lowest BCUT2D eigenvalue weighted by Crippen LogP contribution is -2.44. The van der Waals surface area contributed by atoms with Crippen molar-refractivity contribution in [2.24, 2.45) is 11.7 Å². The summed E-state index contributed by atoms with van der Waals surface area (Å²) in [6.07, 6.45) is 0.201. The lowest BCUT2D eigenvalue weighted by Gasteiger charge is -2.40. The summed E-state index contributed by atoms with van der Waals surface area (Å²) in [5.74, 6) is -0.817. The summed E-state index contributed by atoms with van der Waals surface area (Å²) in [6, 6.07) is 7.59. The Kier molecular flexibility index (Phi) is 7.33. The van der Waals surface area contributed by atoms with Crippen LogP contribution in [0.15, 0.2) is 30.5 Å². The van der Waals surface area contributed by atoms with Gasteiger partial charge in [0.25, 0.3) is 5.91 Å². The van der Waals surface area contributed by atoms with Crippen LogP contribution >= 0.6 is 0 Å². The number of alkyl halides is 3. The first kappa shape index (κ1) is 25.0. The Bertz CT molecular complexity index is 1070. The van der Waals surface area contributed by atoms with E-state index in [1.807, 2.05) is 0 Å². The molecule has 0 radical (unpaired) electrons. The molecule has 11 heteroatoms. The van der Waals surface area contributed by atoms with Crippen molar-refractivity contribution in [3.05, 3.63) is 41.6 Å². The molecule has 8 nitrogen and oxygen atoms in total. The highest BCUT2D eigenvalue weighted by atomic mass is 19.4. The van der Waals surface area contributed by atoms with Crippen LogP contribution in [0.5, 0.6) is 0 Å². The fourth-order valence-corrected chi connectivity index (χ4v) is 5.11. The van der Waals surface area contributed by atoms with E-state index in [2.05, 4.69) is 21.4 Å². The number of aliphatic hydroxyl groups is 1. The molecule has 188 valence electrons. The number of rotatable bonds is 6. The fraction of sp³-hybridized carbons (Fsp3) is 0.542. The van der Waals surface area contributed by atoms with Gasteiger partial charge in [0.2, 0.25) is 0 Å². The molecule has 1 aliphatic heterocycles. The average Bonchev–Trinajstić information content (AvgIpc) is 3.27. The third kappa shape index (κ3) is 5.60. The van der Waals surface area contributed by atoms with Gasteiger partial charge in [-0.1, -0.05) is 18.6 Å². The molecule has 1 amide bonds. The van der Waals surface area contributed by atoms with Crippen LogP contribution in [0.2, 0.25) is 0 Å². The molecule has 1 aromatic heterocycles. The minimum atomic E-state index is -4.77. The Morgan fingerprint density at radius 2 is 1.89 bits per heavy atom. The zero-order valence-corrected chi connectivity index (χ0v) is 19.2. The second kappa shape index (κ2) is 10.3. The van der Waals surface area contributed by atoms with Gasteiger partial charge in [-0.15, -0.1) is 0 Å². The summed E-state index contributed by atoms with van der Waals surface area (Å²) < 4.78 is 39.8. The number of amides is 1. The molecule has 1 aromatic carbocycles. The number of piperidine rings is 1. The van der Waals surface area contributed by atoms with E-state index in [0.29, 0.717) is 11.7 Å². The second-order valence-electron chi connectivity index (χ2n) is 9.29. The number of hydrogen-bond acceptors (Lipinski definition) is 6. The van der Waals surface area contributed by atoms with E-state index in [1.54, 1.807) is 4.68 Å². The summed E-state index contributed by atoms with van der Waals surface area (Å²) in [6.45, 7) is 2.13. The van der Waals surface area contributed by atoms with Crippen molar-refractivity contribution in [1.29, 1.82) is 5.26 Å². The van der Waals surface area contributed by atoms with Crippen LogP contribution in [0.3, 0.4) is 0 Å². The lowest BCUT2D eigenvalue weighted by atomic mass is 9.81. The minimum absolute atomic E-state index is 0.124. The number of nitriles is 1. The number of aromatic nitrogens is 2. The number of primary amides is 1. The quantitative estimate of drug-likeness (QED) is 0.562. The number of aliphatic hydroxyl groups excluding tert-OH is 1. The van der Waals surface area contributed by atoms with Crippen LogP contribution in [0.4, 0.5) is 24.7 Å². The van der Waals surface area contributed by atoms with Gasteiger partial charge in [-0.05, 0) is 62.9 Å². The van der Waals surface area contributed by atoms with Gasteiger partial charge in [0, 0.05) is 17.9 Å². The molecule has 4 rings (SSSR count). The Labute approximate surface area is 201 Å². The smallest absolute Gasteiger partial charge is 0.379 e. The van der Waals surface area contributed by atoms with Gasteiger partial charge in [-0.25, -0.2) is 0 Å². The number of likely N-dealkylation sites (tertiary alicyclic amines) is 1. The summed E-state index contributed by atoms with van der Waals surface area (Å²) >= 11 is 0. The van der Waals surface area contributed by atoms with Gasteiger partial charge in [0.15, 0.2) is 11.9 Å². The molecule has 1 saturated carbocycles. The molecule has 1 saturated heterocycles. The number of nitrogens with two attached hydrogens (primary N) is 1. The van der Waals surface area contributed by atoms with Crippen LogP contribution in [-0.4, -0.2) is 51.0 Å². The molecule has 4 N–H and O–H groups in total. The van der Waals surface area contributed by atoms with Gasteiger partial charge in [-0.2, -0.15) is 23.5 Å². The summed E-state index contributed by atoms with van der Waals surface area (Å²) in [5.41, 5.74) is 5.75. The van der Waals surface area contributed by atoms with E-state index in [4.69, 9.17) is 5.73 Å². The Morgan fingerprint density at radius 3 is 2.49 bits per heavy atom. The van der Waals surface area contributed by atoms with Gasteiger partial charge >= 0.3 is 6.18 Å². The average molecular weight is 491 g/mol. The number of hydrogen-bond donors (Lipinski definition) is 3. The van der Waals surface area contributed by atoms with Gasteiger partial charge < -0.3 is 21.1 Å². The van der Waals surface area contributed by atoms with Gasteiger partial charge in [0.1, 0.15) is 5.56 Å². The molecule has 0 unspecified atom stereocenters. The highest BCUT2D eigenvalue weighted by Crippen LogP contribution is 2.38. The van der Waals surface area contributed by atoms with Crippen molar-refractivity contribution in [2.75, 3.05) is 18.4 Å². The molecule has 4 atom stereocenters. The predicted octanol–water partition coefficient (Wildman–Crippen LogP) is 4.04. The van der Waals surface area contributed by atoms with Crippen molar-refractivity contribution >= 4 is 17.4 Å². The Morgan fingerprint density at radius 1 is 1.20 bits per heavy atom. The van der Waals surface area contributed by atoms with Crippen LogP contribution in [0.1, 0.15) is 66.6 Å². The molecule has 35 heavy (non-hydrogen) atoms. The SMILES string of the molecule is N#C[C@H]1C[C@H](N2CCCCC2)CC[C@@H]1n1cc(C(N)=O)c(Nc2ccc([C@@H](O)C(F)(F)F)cc2)n1. The van der Waals surface area contributed by atoms with E-state index in [0.717, 1.165) is 44.5 Å². The topological polar surface area (TPSA) is 120 Å².